The third-order valence-electron chi connectivity index (χ3n) is 17.2. The van der Waals surface area contributed by atoms with Crippen LogP contribution in [0.5, 0.6) is 0 Å². The van der Waals surface area contributed by atoms with Crippen LogP contribution in [0, 0.1) is 22.7 Å². The first-order valence-corrected chi connectivity index (χ1v) is 28.1. The Morgan fingerprint density at radius 1 is 0.268 bits per heavy atom. The van der Waals surface area contributed by atoms with Gasteiger partial charge in [0, 0.05) is 45.0 Å². The van der Waals surface area contributed by atoms with Crippen LogP contribution in [0.25, 0.3) is 77.5 Å². The number of hydrogen-bond donors (Lipinski definition) is 0. The van der Waals surface area contributed by atoms with Crippen LogP contribution in [-0.2, 0) is 10.8 Å². The molecule has 0 spiro atoms. The number of rotatable bonds is 10. The molecule has 82 heavy (non-hydrogen) atoms. The van der Waals surface area contributed by atoms with Crippen molar-refractivity contribution in [3.05, 3.63) is 300 Å². The highest BCUT2D eigenvalue weighted by molar-refractivity contribution is 6.17. The molecule has 0 unspecified atom stereocenters. The summed E-state index contributed by atoms with van der Waals surface area (Å²) in [4.78, 5) is 4.63. The van der Waals surface area contributed by atoms with Gasteiger partial charge in [0.1, 0.15) is 0 Å². The SMILES string of the molecule is CC1(C)c2ccc(-c3cccc(N(c4ccccc4)c4ccccc4)c3)cc2-c2c1cc1c(-c3cccc(C#N)c3)c3c(cc1c2-c1cccc(C#N)c1)C(C)(C)c1ccc(-c2cccc(N(c4ccccc4)c4ccccc4)c2)cc1-3. The molecule has 0 heterocycles. The standard InChI is InChI=1S/C78H56N4/c1-77(2)69-39-37-55(53-23-19-35-63(43-53)81(59-27-9-5-10-28-59)60-29-11-6-12-30-60)45-67(69)75-71(77)47-65-66(73(75)57-25-17-21-51(41-57)49-79)48-72-76(74(65)58-26-18-22-52(42-58)50-80)68-46-56(38-40-70(68)78(72,3)4)54-24-20-36-64(44-54)82(61-31-13-7-14-32-61)62-33-15-8-16-34-62/h5-48H,1-4H3. The van der Waals surface area contributed by atoms with Gasteiger partial charge in [-0.1, -0.05) is 173 Å². The van der Waals surface area contributed by atoms with Gasteiger partial charge >= 0.3 is 0 Å². The summed E-state index contributed by atoms with van der Waals surface area (Å²) < 4.78 is 0. The summed E-state index contributed by atoms with van der Waals surface area (Å²) in [6.07, 6.45) is 0. The highest BCUT2D eigenvalue weighted by Gasteiger charge is 2.42. The van der Waals surface area contributed by atoms with Crippen molar-refractivity contribution < 1.29 is 0 Å². The summed E-state index contributed by atoms with van der Waals surface area (Å²) in [6, 6.07) is 100. The summed E-state index contributed by atoms with van der Waals surface area (Å²) in [7, 11) is 0. The molecule has 2 aliphatic rings. The van der Waals surface area contributed by atoms with Gasteiger partial charge in [-0.05, 0) is 221 Å². The molecule has 14 rings (SSSR count). The number of anilines is 6. The molecule has 0 saturated heterocycles. The lowest BCUT2D eigenvalue weighted by atomic mass is 9.76. The van der Waals surface area contributed by atoms with Gasteiger partial charge in [0.15, 0.2) is 0 Å². The Bertz CT molecular complexity index is 4210. The normalized spacial score (nSPS) is 13.0. The Morgan fingerprint density at radius 3 is 0.939 bits per heavy atom. The Kier molecular flexibility index (Phi) is 11.9. The van der Waals surface area contributed by atoms with E-state index in [9.17, 15) is 10.5 Å². The molecule has 0 N–H and O–H groups in total. The van der Waals surface area contributed by atoms with Crippen molar-refractivity contribution in [1.29, 1.82) is 10.5 Å². The zero-order valence-electron chi connectivity index (χ0n) is 46.2. The molecule has 12 aromatic rings. The maximum Gasteiger partial charge on any atom is 0.0991 e. The quantitative estimate of drug-likeness (QED) is 0.137. The second-order valence-electron chi connectivity index (χ2n) is 22.7. The van der Waals surface area contributed by atoms with Crippen LogP contribution in [-0.4, -0.2) is 0 Å². The van der Waals surface area contributed by atoms with Gasteiger partial charge in [-0.2, -0.15) is 10.5 Å². The molecular formula is C78H56N4. The van der Waals surface area contributed by atoms with Gasteiger partial charge in [-0.15, -0.1) is 0 Å². The predicted octanol–water partition coefficient (Wildman–Crippen LogP) is 20.8. The Balaban J connectivity index is 0.997. The third kappa shape index (κ3) is 8.19. The fourth-order valence-electron chi connectivity index (χ4n) is 13.3. The van der Waals surface area contributed by atoms with Crippen LogP contribution in [0.1, 0.15) is 61.1 Å². The van der Waals surface area contributed by atoms with Crippen molar-refractivity contribution in [2.24, 2.45) is 0 Å². The van der Waals surface area contributed by atoms with E-state index in [4.69, 9.17) is 0 Å². The Hall–Kier alpha value is -10.5. The first-order chi connectivity index (χ1) is 40.1. The van der Waals surface area contributed by atoms with E-state index in [1.165, 1.54) is 44.5 Å². The van der Waals surface area contributed by atoms with Crippen molar-refractivity contribution >= 4 is 44.9 Å². The van der Waals surface area contributed by atoms with E-state index in [0.717, 1.165) is 89.4 Å². The van der Waals surface area contributed by atoms with E-state index in [1.54, 1.807) is 0 Å². The Morgan fingerprint density at radius 2 is 0.585 bits per heavy atom. The molecule has 0 radical (unpaired) electrons. The van der Waals surface area contributed by atoms with E-state index in [2.05, 4.69) is 292 Å². The van der Waals surface area contributed by atoms with Crippen LogP contribution in [0.2, 0.25) is 0 Å². The van der Waals surface area contributed by atoms with Gasteiger partial charge < -0.3 is 9.80 Å². The van der Waals surface area contributed by atoms with Crippen molar-refractivity contribution in [2.75, 3.05) is 9.80 Å². The number of hydrogen-bond acceptors (Lipinski definition) is 4. The van der Waals surface area contributed by atoms with Gasteiger partial charge in [0.05, 0.1) is 23.3 Å². The average Bonchev–Trinajstić information content (AvgIpc) is 3.99. The molecule has 388 valence electrons. The van der Waals surface area contributed by atoms with Gasteiger partial charge in [-0.3, -0.25) is 0 Å². The van der Waals surface area contributed by atoms with E-state index in [1.807, 2.05) is 24.3 Å². The minimum absolute atomic E-state index is 0.411. The van der Waals surface area contributed by atoms with Gasteiger partial charge in [0.2, 0.25) is 0 Å². The molecule has 0 amide bonds. The van der Waals surface area contributed by atoms with Crippen LogP contribution < -0.4 is 9.80 Å². The summed E-state index contributed by atoms with van der Waals surface area (Å²) >= 11 is 0. The third-order valence-corrected chi connectivity index (χ3v) is 17.2. The first kappa shape index (κ1) is 49.8. The maximum absolute atomic E-state index is 10.5. The van der Waals surface area contributed by atoms with Crippen LogP contribution in [0.15, 0.2) is 267 Å². The average molecular weight is 1050 g/mol. The lowest BCUT2D eigenvalue weighted by Gasteiger charge is -2.26. The van der Waals surface area contributed by atoms with Crippen molar-refractivity contribution in [3.8, 4) is 78.9 Å². The summed E-state index contributed by atoms with van der Waals surface area (Å²) in [6.45, 7) is 9.43. The van der Waals surface area contributed by atoms with E-state index >= 15 is 0 Å². The number of nitriles is 2. The maximum atomic E-state index is 10.5. The van der Waals surface area contributed by atoms with Gasteiger partial charge in [0.25, 0.3) is 0 Å². The summed E-state index contributed by atoms with van der Waals surface area (Å²) in [5.74, 6) is 0. The number of benzene rings is 12. The monoisotopic (exact) mass is 1050 g/mol. The molecule has 12 aromatic carbocycles. The minimum atomic E-state index is -0.411. The van der Waals surface area contributed by atoms with E-state index < -0.39 is 10.8 Å². The number of nitrogens with zero attached hydrogens (tertiary/aromatic N) is 4. The molecule has 2 aliphatic carbocycles. The topological polar surface area (TPSA) is 54.1 Å². The second-order valence-corrected chi connectivity index (χ2v) is 22.7. The zero-order valence-corrected chi connectivity index (χ0v) is 46.2. The minimum Gasteiger partial charge on any atom is -0.310 e. The molecule has 0 aliphatic heterocycles. The molecular weight excluding hydrogens is 993 g/mol. The van der Waals surface area contributed by atoms with Crippen molar-refractivity contribution in [3.63, 3.8) is 0 Å². The predicted molar refractivity (Wildman–Crippen MR) is 340 cm³/mol. The van der Waals surface area contributed by atoms with E-state index in [-0.39, 0.29) is 0 Å². The number of fused-ring (bicyclic) bond motifs is 7. The van der Waals surface area contributed by atoms with Crippen LogP contribution >= 0.6 is 0 Å². The molecule has 0 fully saturated rings. The Labute approximate surface area is 480 Å². The zero-order chi connectivity index (χ0) is 55.7. The van der Waals surface area contributed by atoms with E-state index in [0.29, 0.717) is 11.1 Å². The lowest BCUT2D eigenvalue weighted by Crippen LogP contribution is -2.16. The van der Waals surface area contributed by atoms with Gasteiger partial charge in [-0.25, -0.2) is 0 Å². The highest BCUT2D eigenvalue weighted by atomic mass is 15.1. The summed E-state index contributed by atoms with van der Waals surface area (Å²) in [5.41, 5.74) is 25.2. The first-order valence-electron chi connectivity index (χ1n) is 28.1. The molecule has 0 aromatic heterocycles. The fourth-order valence-corrected chi connectivity index (χ4v) is 13.3. The van der Waals surface area contributed by atoms with Crippen molar-refractivity contribution in [2.45, 2.75) is 38.5 Å². The fraction of sp³-hybridized carbons (Fsp3) is 0.0769. The lowest BCUT2D eigenvalue weighted by molar-refractivity contribution is 0.660. The number of para-hydroxylation sites is 4. The second kappa shape index (κ2) is 19.7. The molecule has 4 nitrogen and oxygen atoms in total. The van der Waals surface area contributed by atoms with Crippen LogP contribution in [0.4, 0.5) is 34.1 Å². The smallest absolute Gasteiger partial charge is 0.0991 e. The molecule has 4 heteroatoms. The summed E-state index contributed by atoms with van der Waals surface area (Å²) in [5, 5.41) is 23.3. The molecule has 0 atom stereocenters. The van der Waals surface area contributed by atoms with Crippen LogP contribution in [0.3, 0.4) is 0 Å². The highest BCUT2D eigenvalue weighted by Crippen LogP contribution is 2.60. The largest absolute Gasteiger partial charge is 0.310 e. The molecule has 0 saturated carbocycles. The van der Waals surface area contributed by atoms with Crippen molar-refractivity contribution in [1.82, 2.24) is 0 Å². The molecule has 0 bridgehead atoms.